The van der Waals surface area contributed by atoms with Gasteiger partial charge in [-0.05, 0) is 175 Å². The van der Waals surface area contributed by atoms with Crippen LogP contribution in [0.25, 0.3) is 11.1 Å². The molecule has 61 heavy (non-hydrogen) atoms. The van der Waals surface area contributed by atoms with Gasteiger partial charge in [0.1, 0.15) is 0 Å². The third kappa shape index (κ3) is 6.03. The first-order chi connectivity index (χ1) is 29.8. The van der Waals surface area contributed by atoms with Gasteiger partial charge in [0.05, 0.1) is 0 Å². The van der Waals surface area contributed by atoms with Gasteiger partial charge in [-0.1, -0.05) is 143 Å². The van der Waals surface area contributed by atoms with Crippen LogP contribution in [0.3, 0.4) is 0 Å². The minimum Gasteiger partial charge on any atom is -0.311 e. The summed E-state index contributed by atoms with van der Waals surface area (Å²) in [5.74, 6) is 0. The van der Waals surface area contributed by atoms with E-state index in [4.69, 9.17) is 4.11 Å². The maximum atomic E-state index is 9.10. The molecule has 6 aromatic rings. The first-order valence-electron chi connectivity index (χ1n) is 24.2. The van der Waals surface area contributed by atoms with E-state index in [2.05, 4.69) is 191 Å². The molecule has 0 radical (unpaired) electrons. The van der Waals surface area contributed by atoms with E-state index < -0.39 is 6.85 Å². The number of nitrogens with zero attached hydrogens (tertiary/aromatic N) is 2. The van der Waals surface area contributed by atoms with Crippen molar-refractivity contribution < 1.29 is 4.11 Å². The Morgan fingerprint density at radius 1 is 0.508 bits per heavy atom. The van der Waals surface area contributed by atoms with Crippen LogP contribution in [0, 0.1) is 20.7 Å². The fraction of sp³-hybridized carbons (Fsp3) is 0.379. The molecular weight excluding hydrogens is 735 g/mol. The van der Waals surface area contributed by atoms with Crippen LogP contribution in [0.1, 0.15) is 144 Å². The topological polar surface area (TPSA) is 6.48 Å². The van der Waals surface area contributed by atoms with Crippen LogP contribution in [-0.4, -0.2) is 6.71 Å². The van der Waals surface area contributed by atoms with Crippen LogP contribution in [0.5, 0.6) is 0 Å². The molecule has 0 bridgehead atoms. The van der Waals surface area contributed by atoms with Crippen molar-refractivity contribution in [3.8, 4) is 11.1 Å². The average molecular weight is 804 g/mol. The second kappa shape index (κ2) is 13.0. The van der Waals surface area contributed by atoms with Crippen LogP contribution in [0.15, 0.2) is 103 Å². The standard InChI is InChI=1S/C58H65BN2/c1-35-26-51-53-52(27-35)61(48-32-43-41(29-37(48)3)55(7,8)24-25-56(43,9)10)50-33-44-42(57(11,12)34-58(44,13)14)31-46(50)59(53)45-22-20-39(38-18-16-15-17-19-38)30-49(45)60(51)47-23-21-40(28-36(47)2)54(4,5)6/h15-23,26-33H,24-25,34H2,1-14H3/i1D3. The van der Waals surface area contributed by atoms with Gasteiger partial charge in [-0.25, -0.2) is 0 Å². The highest BCUT2D eigenvalue weighted by molar-refractivity contribution is 7.00. The number of anilines is 6. The molecule has 2 heterocycles. The van der Waals surface area contributed by atoms with E-state index in [-0.39, 0.29) is 33.8 Å². The van der Waals surface area contributed by atoms with Crippen LogP contribution >= 0.6 is 0 Å². The Balaban J connectivity index is 1.36. The molecule has 0 atom stereocenters. The molecule has 2 aliphatic carbocycles. The molecule has 3 heteroatoms. The SMILES string of the molecule is [2H]C([2H])([2H])c1cc2c3c(c1)N(c1cc4c(cc1C)C(C)(C)CCC4(C)C)c1cc4c(cc1B3c1ccc(-c3ccccc3)cc1N2c1ccc(C(C)(C)C)cc1C)C(C)(C)CC4(C)C. The summed E-state index contributed by atoms with van der Waals surface area (Å²) >= 11 is 0. The van der Waals surface area contributed by atoms with E-state index in [1.54, 1.807) is 0 Å². The molecular formula is C58H65BN2. The Labute approximate surface area is 371 Å². The van der Waals surface area contributed by atoms with Crippen molar-refractivity contribution in [2.45, 2.75) is 143 Å². The Bertz CT molecular complexity index is 2930. The van der Waals surface area contributed by atoms with Gasteiger partial charge in [0.2, 0.25) is 0 Å². The summed E-state index contributed by atoms with van der Waals surface area (Å²) in [7, 11) is 0. The molecule has 2 nitrogen and oxygen atoms in total. The van der Waals surface area contributed by atoms with Crippen molar-refractivity contribution in [3.05, 3.63) is 148 Å². The lowest BCUT2D eigenvalue weighted by Gasteiger charge is -2.47. The Hall–Kier alpha value is -5.02. The predicted molar refractivity (Wildman–Crippen MR) is 265 cm³/mol. The van der Waals surface area contributed by atoms with Crippen molar-refractivity contribution in [1.29, 1.82) is 0 Å². The van der Waals surface area contributed by atoms with Gasteiger partial charge in [0.25, 0.3) is 6.71 Å². The molecule has 2 aliphatic heterocycles. The van der Waals surface area contributed by atoms with Gasteiger partial charge >= 0.3 is 0 Å². The molecule has 0 saturated carbocycles. The maximum Gasteiger partial charge on any atom is 0.252 e. The summed E-state index contributed by atoms with van der Waals surface area (Å²) < 4.78 is 27.3. The highest BCUT2D eigenvalue weighted by Crippen LogP contribution is 2.55. The maximum absolute atomic E-state index is 9.10. The van der Waals surface area contributed by atoms with Gasteiger partial charge < -0.3 is 9.80 Å². The predicted octanol–water partition coefficient (Wildman–Crippen LogP) is 14.0. The van der Waals surface area contributed by atoms with Gasteiger partial charge in [-0.15, -0.1) is 0 Å². The summed E-state index contributed by atoms with van der Waals surface area (Å²) in [4.78, 5) is 4.90. The number of hydrogen-bond acceptors (Lipinski definition) is 2. The van der Waals surface area contributed by atoms with Gasteiger partial charge in [-0.3, -0.25) is 0 Å². The fourth-order valence-electron chi connectivity index (χ4n) is 12.1. The lowest BCUT2D eigenvalue weighted by atomic mass is 9.33. The van der Waals surface area contributed by atoms with E-state index in [0.29, 0.717) is 5.56 Å². The molecule has 0 amide bonds. The first kappa shape index (κ1) is 36.6. The normalized spacial score (nSPS) is 19.5. The monoisotopic (exact) mass is 804 g/mol. The quantitative estimate of drug-likeness (QED) is 0.164. The molecule has 0 saturated heterocycles. The number of rotatable bonds is 3. The number of hydrogen-bond donors (Lipinski definition) is 0. The molecule has 4 aliphatic rings. The second-order valence-corrected chi connectivity index (χ2v) is 22.8. The minimum absolute atomic E-state index is 0.0126. The minimum atomic E-state index is -2.35. The zero-order valence-corrected chi connectivity index (χ0v) is 38.9. The van der Waals surface area contributed by atoms with E-state index >= 15 is 0 Å². The fourth-order valence-corrected chi connectivity index (χ4v) is 12.1. The lowest BCUT2D eigenvalue weighted by Crippen LogP contribution is -2.61. The largest absolute Gasteiger partial charge is 0.311 e. The molecule has 310 valence electrons. The first-order valence-corrected chi connectivity index (χ1v) is 22.7. The van der Waals surface area contributed by atoms with Crippen LogP contribution in [0.4, 0.5) is 34.1 Å². The number of aryl methyl sites for hydroxylation is 3. The molecule has 0 spiro atoms. The molecule has 10 rings (SSSR count). The van der Waals surface area contributed by atoms with Crippen molar-refractivity contribution >= 4 is 57.2 Å². The van der Waals surface area contributed by atoms with E-state index in [1.807, 2.05) is 12.1 Å². The molecule has 0 N–H and O–H groups in total. The van der Waals surface area contributed by atoms with E-state index in [1.165, 1.54) is 44.3 Å². The highest BCUT2D eigenvalue weighted by atomic mass is 15.2. The van der Waals surface area contributed by atoms with E-state index in [0.717, 1.165) is 75.5 Å². The number of fused-ring (bicyclic) bond motifs is 6. The zero-order chi connectivity index (χ0) is 45.8. The number of benzene rings is 6. The molecule has 6 aromatic carbocycles. The van der Waals surface area contributed by atoms with Gasteiger partial charge in [0.15, 0.2) is 0 Å². The Kier molecular flexibility index (Phi) is 7.81. The summed E-state index contributed by atoms with van der Waals surface area (Å²) in [6.07, 6.45) is 3.31. The lowest BCUT2D eigenvalue weighted by molar-refractivity contribution is 0.332. The van der Waals surface area contributed by atoms with Crippen molar-refractivity contribution in [1.82, 2.24) is 0 Å². The summed E-state index contributed by atoms with van der Waals surface area (Å²) in [5.41, 5.74) is 21.9. The Morgan fingerprint density at radius 3 is 1.69 bits per heavy atom. The van der Waals surface area contributed by atoms with E-state index in [9.17, 15) is 0 Å². The van der Waals surface area contributed by atoms with Crippen LogP contribution < -0.4 is 26.2 Å². The Morgan fingerprint density at radius 2 is 1.07 bits per heavy atom. The smallest absolute Gasteiger partial charge is 0.252 e. The van der Waals surface area contributed by atoms with Crippen molar-refractivity contribution in [3.63, 3.8) is 0 Å². The van der Waals surface area contributed by atoms with Gasteiger partial charge in [-0.2, -0.15) is 0 Å². The second-order valence-electron chi connectivity index (χ2n) is 22.8. The average Bonchev–Trinajstić information content (AvgIpc) is 3.40. The van der Waals surface area contributed by atoms with Crippen molar-refractivity contribution in [2.24, 2.45) is 0 Å². The van der Waals surface area contributed by atoms with Crippen LogP contribution in [0.2, 0.25) is 0 Å². The highest BCUT2D eigenvalue weighted by Gasteiger charge is 2.49. The summed E-state index contributed by atoms with van der Waals surface area (Å²) in [6.45, 7) is 28.0. The third-order valence-electron chi connectivity index (χ3n) is 15.4. The van der Waals surface area contributed by atoms with Crippen LogP contribution in [-0.2, 0) is 27.1 Å². The third-order valence-corrected chi connectivity index (χ3v) is 15.4. The molecule has 0 aromatic heterocycles. The summed E-state index contributed by atoms with van der Waals surface area (Å²) in [6, 6.07) is 38.6. The summed E-state index contributed by atoms with van der Waals surface area (Å²) in [5, 5.41) is 0. The molecule has 0 unspecified atom stereocenters. The zero-order valence-electron chi connectivity index (χ0n) is 41.9. The van der Waals surface area contributed by atoms with Gasteiger partial charge in [0, 0.05) is 38.2 Å². The van der Waals surface area contributed by atoms with Crippen molar-refractivity contribution in [2.75, 3.05) is 9.80 Å². The molecule has 0 fully saturated rings.